The Morgan fingerprint density at radius 2 is 1.94 bits per heavy atom. The van der Waals surface area contributed by atoms with Crippen molar-refractivity contribution in [2.75, 3.05) is 6.26 Å². The summed E-state index contributed by atoms with van der Waals surface area (Å²) in [7, 11) is 0. The highest BCUT2D eigenvalue weighted by molar-refractivity contribution is 7.98. The molecule has 0 spiro atoms. The second-order valence-electron chi connectivity index (χ2n) is 4.08. The molecule has 0 aliphatic heterocycles. The molecule has 2 rings (SSSR count). The van der Waals surface area contributed by atoms with Gasteiger partial charge in [-0.25, -0.2) is 0 Å². The molecule has 18 heavy (non-hydrogen) atoms. The molecular formula is C15H15NOS. The molecule has 0 unspecified atom stereocenters. The molecule has 0 amide bonds. The van der Waals surface area contributed by atoms with Crippen molar-refractivity contribution < 1.29 is 4.79 Å². The van der Waals surface area contributed by atoms with Gasteiger partial charge in [-0.2, -0.15) is 0 Å². The average molecular weight is 257 g/mol. The fourth-order valence-corrected chi connectivity index (χ4v) is 2.21. The first-order valence-corrected chi connectivity index (χ1v) is 7.01. The van der Waals surface area contributed by atoms with Crippen LogP contribution in [0, 0.1) is 6.92 Å². The van der Waals surface area contributed by atoms with Crippen LogP contribution in [-0.2, 0) is 6.42 Å². The maximum absolute atomic E-state index is 12.1. The number of aromatic nitrogens is 1. The summed E-state index contributed by atoms with van der Waals surface area (Å²) in [6.45, 7) is 1.87. The lowest BCUT2D eigenvalue weighted by Crippen LogP contribution is -2.06. The highest BCUT2D eigenvalue weighted by Crippen LogP contribution is 2.16. The summed E-state index contributed by atoms with van der Waals surface area (Å²) in [6, 6.07) is 11.7. The number of thioether (sulfide) groups is 1. The number of hydrogen-bond donors (Lipinski definition) is 0. The summed E-state index contributed by atoms with van der Waals surface area (Å²) in [4.78, 5) is 17.5. The first-order valence-electron chi connectivity index (χ1n) is 5.78. The van der Waals surface area contributed by atoms with E-state index in [1.807, 2.05) is 43.5 Å². The lowest BCUT2D eigenvalue weighted by Gasteiger charge is -2.04. The van der Waals surface area contributed by atoms with Gasteiger partial charge in [0.25, 0.3) is 0 Å². The van der Waals surface area contributed by atoms with E-state index in [0.29, 0.717) is 12.0 Å². The van der Waals surface area contributed by atoms with Gasteiger partial charge in [-0.3, -0.25) is 9.78 Å². The van der Waals surface area contributed by atoms with Crippen molar-refractivity contribution in [3.8, 4) is 0 Å². The maximum atomic E-state index is 12.1. The molecular weight excluding hydrogens is 242 g/mol. The van der Waals surface area contributed by atoms with Crippen LogP contribution in [0.5, 0.6) is 0 Å². The van der Waals surface area contributed by atoms with Crippen LogP contribution in [0.1, 0.15) is 21.6 Å². The Hall–Kier alpha value is -1.61. The Bertz CT molecular complexity index is 549. The van der Waals surface area contributed by atoms with Crippen LogP contribution in [-0.4, -0.2) is 17.0 Å². The van der Waals surface area contributed by atoms with Crippen LogP contribution < -0.4 is 0 Å². The number of ketones is 1. The van der Waals surface area contributed by atoms with Crippen molar-refractivity contribution >= 4 is 17.5 Å². The first kappa shape index (κ1) is 12.8. The van der Waals surface area contributed by atoms with Crippen molar-refractivity contribution in [3.05, 3.63) is 59.4 Å². The predicted molar refractivity (Wildman–Crippen MR) is 75.2 cm³/mol. The summed E-state index contributed by atoms with van der Waals surface area (Å²) in [5.74, 6) is 0.123. The molecule has 2 aromatic rings. The number of pyridine rings is 1. The van der Waals surface area contributed by atoms with E-state index in [1.165, 1.54) is 4.90 Å². The largest absolute Gasteiger partial charge is 0.294 e. The standard InChI is InChI=1S/C15H15NOS/c1-11-14(4-3-9-16-11)15(17)10-12-5-7-13(18-2)8-6-12/h3-9H,10H2,1-2H3. The van der Waals surface area contributed by atoms with E-state index < -0.39 is 0 Å². The van der Waals surface area contributed by atoms with Gasteiger partial charge in [-0.1, -0.05) is 12.1 Å². The van der Waals surface area contributed by atoms with E-state index in [-0.39, 0.29) is 5.78 Å². The van der Waals surface area contributed by atoms with Gasteiger partial charge < -0.3 is 0 Å². The quantitative estimate of drug-likeness (QED) is 0.620. The van der Waals surface area contributed by atoms with Crippen molar-refractivity contribution in [2.24, 2.45) is 0 Å². The average Bonchev–Trinajstić information content (AvgIpc) is 2.40. The molecule has 1 heterocycles. The molecule has 2 nitrogen and oxygen atoms in total. The van der Waals surface area contributed by atoms with Gasteiger partial charge in [-0.15, -0.1) is 11.8 Å². The molecule has 1 aromatic carbocycles. The highest BCUT2D eigenvalue weighted by Gasteiger charge is 2.09. The number of Topliss-reactive ketones (excluding diaryl/α,β-unsaturated/α-hetero) is 1. The van der Waals surface area contributed by atoms with Crippen molar-refractivity contribution in [2.45, 2.75) is 18.2 Å². The summed E-state index contributed by atoms with van der Waals surface area (Å²) < 4.78 is 0. The molecule has 0 fully saturated rings. The van der Waals surface area contributed by atoms with Crippen LogP contribution in [0.25, 0.3) is 0 Å². The third kappa shape index (κ3) is 2.99. The number of nitrogens with zero attached hydrogens (tertiary/aromatic N) is 1. The Labute approximate surface area is 111 Å². The Morgan fingerprint density at radius 1 is 1.22 bits per heavy atom. The molecule has 0 atom stereocenters. The van der Waals surface area contributed by atoms with Gasteiger partial charge in [0.15, 0.2) is 5.78 Å². The second kappa shape index (κ2) is 5.83. The van der Waals surface area contributed by atoms with E-state index in [9.17, 15) is 4.79 Å². The zero-order chi connectivity index (χ0) is 13.0. The first-order chi connectivity index (χ1) is 8.70. The summed E-state index contributed by atoms with van der Waals surface area (Å²) >= 11 is 1.70. The Kier molecular flexibility index (Phi) is 4.15. The van der Waals surface area contributed by atoms with E-state index in [2.05, 4.69) is 4.98 Å². The summed E-state index contributed by atoms with van der Waals surface area (Å²) in [6.07, 6.45) is 4.18. The van der Waals surface area contributed by atoms with Crippen LogP contribution in [0.2, 0.25) is 0 Å². The van der Waals surface area contributed by atoms with Gasteiger partial charge in [0, 0.05) is 28.8 Å². The molecule has 0 aliphatic carbocycles. The van der Waals surface area contributed by atoms with Crippen molar-refractivity contribution in [1.82, 2.24) is 4.98 Å². The van der Waals surface area contributed by atoms with Crippen molar-refractivity contribution in [3.63, 3.8) is 0 Å². The predicted octanol–water partition coefficient (Wildman–Crippen LogP) is 3.54. The SMILES string of the molecule is CSc1ccc(CC(=O)c2cccnc2C)cc1. The molecule has 3 heteroatoms. The minimum atomic E-state index is 0.123. The third-order valence-electron chi connectivity index (χ3n) is 2.83. The van der Waals surface area contributed by atoms with Gasteiger partial charge in [-0.05, 0) is 43.0 Å². The summed E-state index contributed by atoms with van der Waals surface area (Å²) in [5.41, 5.74) is 2.55. The fourth-order valence-electron chi connectivity index (χ4n) is 1.80. The van der Waals surface area contributed by atoms with Gasteiger partial charge >= 0.3 is 0 Å². The lowest BCUT2D eigenvalue weighted by molar-refractivity contribution is 0.0992. The molecule has 0 N–H and O–H groups in total. The minimum absolute atomic E-state index is 0.123. The Morgan fingerprint density at radius 3 is 2.56 bits per heavy atom. The second-order valence-corrected chi connectivity index (χ2v) is 4.96. The lowest BCUT2D eigenvalue weighted by atomic mass is 10.0. The zero-order valence-electron chi connectivity index (χ0n) is 10.5. The van der Waals surface area contributed by atoms with E-state index in [0.717, 1.165) is 11.3 Å². The highest BCUT2D eigenvalue weighted by atomic mass is 32.2. The van der Waals surface area contributed by atoms with Crippen molar-refractivity contribution in [1.29, 1.82) is 0 Å². The van der Waals surface area contributed by atoms with Crippen LogP contribution in [0.15, 0.2) is 47.5 Å². The topological polar surface area (TPSA) is 30.0 Å². The number of benzene rings is 1. The van der Waals surface area contributed by atoms with Gasteiger partial charge in [0.05, 0.1) is 0 Å². The molecule has 1 aromatic heterocycles. The minimum Gasteiger partial charge on any atom is -0.294 e. The number of rotatable bonds is 4. The van der Waals surface area contributed by atoms with E-state index >= 15 is 0 Å². The maximum Gasteiger partial charge on any atom is 0.169 e. The monoisotopic (exact) mass is 257 g/mol. The molecule has 0 aliphatic rings. The smallest absolute Gasteiger partial charge is 0.169 e. The van der Waals surface area contributed by atoms with Crippen LogP contribution in [0.3, 0.4) is 0 Å². The molecule has 0 saturated heterocycles. The zero-order valence-corrected chi connectivity index (χ0v) is 11.3. The number of aryl methyl sites for hydroxylation is 1. The molecule has 92 valence electrons. The van der Waals surface area contributed by atoms with Crippen LogP contribution >= 0.6 is 11.8 Å². The molecule has 0 radical (unpaired) electrons. The molecule has 0 saturated carbocycles. The normalized spacial score (nSPS) is 10.3. The number of carbonyl (C=O) groups excluding carboxylic acids is 1. The van der Waals surface area contributed by atoms with E-state index in [1.54, 1.807) is 24.0 Å². The van der Waals surface area contributed by atoms with Gasteiger partial charge in [0.1, 0.15) is 0 Å². The van der Waals surface area contributed by atoms with Gasteiger partial charge in [0.2, 0.25) is 0 Å². The Balaban J connectivity index is 2.14. The van der Waals surface area contributed by atoms with E-state index in [4.69, 9.17) is 0 Å². The third-order valence-corrected chi connectivity index (χ3v) is 3.57. The van der Waals surface area contributed by atoms with Crippen LogP contribution in [0.4, 0.5) is 0 Å². The molecule has 0 bridgehead atoms. The number of carbonyl (C=O) groups is 1. The number of hydrogen-bond acceptors (Lipinski definition) is 3. The summed E-state index contributed by atoms with van der Waals surface area (Å²) in [5, 5.41) is 0. The fraction of sp³-hybridized carbons (Fsp3) is 0.200.